The molecular weight excluding hydrogens is 362 g/mol. The average Bonchev–Trinajstić information content (AvgIpc) is 2.66. The summed E-state index contributed by atoms with van der Waals surface area (Å²) in [6, 6.07) is 16.9. The number of anilines is 1. The fraction of sp³-hybridized carbons (Fsp3) is 0.190. The molecule has 0 aliphatic carbocycles. The van der Waals surface area contributed by atoms with Gasteiger partial charge in [0.2, 0.25) is 5.91 Å². The van der Waals surface area contributed by atoms with Gasteiger partial charge in [-0.05, 0) is 42.3 Å². The lowest BCUT2D eigenvalue weighted by Gasteiger charge is -2.14. The van der Waals surface area contributed by atoms with Crippen LogP contribution in [0.4, 0.5) is 5.69 Å². The minimum absolute atomic E-state index is 0.174. The van der Waals surface area contributed by atoms with Gasteiger partial charge in [-0.25, -0.2) is 4.98 Å². The van der Waals surface area contributed by atoms with E-state index < -0.39 is 11.8 Å². The normalized spacial score (nSPS) is 11.6. The zero-order valence-electron chi connectivity index (χ0n) is 15.0. The average molecular weight is 380 g/mol. The number of benzene rings is 2. The molecule has 3 rings (SSSR count). The van der Waals surface area contributed by atoms with E-state index in [1.807, 2.05) is 31.2 Å². The first-order chi connectivity index (χ1) is 13.0. The number of halogens is 1. The van der Waals surface area contributed by atoms with Gasteiger partial charge in [-0.15, -0.1) is 0 Å². The molecule has 0 aliphatic rings. The van der Waals surface area contributed by atoms with Gasteiger partial charge < -0.3 is 10.1 Å². The molecule has 2 aromatic carbocycles. The van der Waals surface area contributed by atoms with Crippen molar-refractivity contribution in [3.8, 4) is 11.8 Å². The van der Waals surface area contributed by atoms with Crippen molar-refractivity contribution in [2.75, 3.05) is 12.4 Å². The van der Waals surface area contributed by atoms with Gasteiger partial charge in [0.1, 0.15) is 16.8 Å². The molecule has 1 aromatic heterocycles. The first kappa shape index (κ1) is 18.7. The number of ether oxygens (including phenoxy) is 1. The van der Waals surface area contributed by atoms with Crippen molar-refractivity contribution in [3.63, 3.8) is 0 Å². The molecule has 1 atom stereocenters. The number of aromatic nitrogens is 1. The smallest absolute Gasteiger partial charge is 0.242 e. The van der Waals surface area contributed by atoms with Crippen molar-refractivity contribution in [1.82, 2.24) is 4.98 Å². The molecule has 0 saturated carbocycles. The molecule has 136 valence electrons. The summed E-state index contributed by atoms with van der Waals surface area (Å²) in [5.41, 5.74) is 3.05. The highest BCUT2D eigenvalue weighted by molar-refractivity contribution is 6.30. The lowest BCUT2D eigenvalue weighted by atomic mass is 9.99. The summed E-state index contributed by atoms with van der Waals surface area (Å²) in [6.45, 7) is 1.98. The van der Waals surface area contributed by atoms with Crippen LogP contribution in [0.15, 0.2) is 48.5 Å². The number of amides is 1. The van der Waals surface area contributed by atoms with Crippen LogP contribution in [0.1, 0.15) is 11.1 Å². The molecule has 1 amide bonds. The molecule has 1 heterocycles. The van der Waals surface area contributed by atoms with E-state index >= 15 is 0 Å². The van der Waals surface area contributed by atoms with Crippen LogP contribution in [-0.4, -0.2) is 18.0 Å². The van der Waals surface area contributed by atoms with E-state index in [1.165, 1.54) is 7.11 Å². The summed E-state index contributed by atoms with van der Waals surface area (Å²) in [6.07, 6.45) is 0.174. The molecule has 1 N–H and O–H groups in total. The number of carbonyl (C=O) groups is 1. The number of nitrogens with one attached hydrogen (secondary N) is 1. The van der Waals surface area contributed by atoms with Crippen LogP contribution in [0.3, 0.4) is 0 Å². The highest BCUT2D eigenvalue weighted by Gasteiger charge is 2.21. The van der Waals surface area contributed by atoms with Crippen LogP contribution in [-0.2, 0) is 11.2 Å². The number of para-hydroxylation sites is 2. The number of carbonyl (C=O) groups excluding carboxylic acids is 1. The third-order valence-corrected chi connectivity index (χ3v) is 4.59. The van der Waals surface area contributed by atoms with Crippen molar-refractivity contribution in [1.29, 1.82) is 5.26 Å². The molecule has 0 bridgehead atoms. The van der Waals surface area contributed by atoms with Crippen LogP contribution in [0.5, 0.6) is 5.75 Å². The van der Waals surface area contributed by atoms with Crippen molar-refractivity contribution in [2.45, 2.75) is 13.3 Å². The van der Waals surface area contributed by atoms with Crippen LogP contribution >= 0.6 is 11.6 Å². The molecule has 0 spiro atoms. The standard InChI is InChI=1S/C21H18ClN3O2/c1-13-7-8-14-10-15(20(22)24-18(14)9-13)11-16(12-23)21(26)25-17-5-3-4-6-19(17)27-2/h3-10,16H,11H2,1-2H3,(H,25,26)/t16-/m1/s1. The summed E-state index contributed by atoms with van der Waals surface area (Å²) >= 11 is 6.30. The predicted octanol–water partition coefficient (Wildman–Crippen LogP) is 4.53. The topological polar surface area (TPSA) is 75.0 Å². The zero-order chi connectivity index (χ0) is 19.4. The van der Waals surface area contributed by atoms with E-state index in [1.54, 1.807) is 24.3 Å². The van der Waals surface area contributed by atoms with Gasteiger partial charge in [0, 0.05) is 11.8 Å². The van der Waals surface area contributed by atoms with Gasteiger partial charge in [0.05, 0.1) is 24.4 Å². The molecular formula is C21H18ClN3O2. The van der Waals surface area contributed by atoms with E-state index in [4.69, 9.17) is 16.3 Å². The predicted molar refractivity (Wildman–Crippen MR) is 106 cm³/mol. The quantitative estimate of drug-likeness (QED) is 0.661. The van der Waals surface area contributed by atoms with Gasteiger partial charge in [-0.3, -0.25) is 4.79 Å². The number of nitriles is 1. The Kier molecular flexibility index (Phi) is 5.58. The number of nitrogens with zero attached hydrogens (tertiary/aromatic N) is 2. The number of pyridine rings is 1. The maximum absolute atomic E-state index is 12.6. The van der Waals surface area contributed by atoms with Crippen molar-refractivity contribution in [3.05, 3.63) is 64.8 Å². The maximum Gasteiger partial charge on any atom is 0.242 e. The number of methoxy groups -OCH3 is 1. The van der Waals surface area contributed by atoms with Crippen molar-refractivity contribution < 1.29 is 9.53 Å². The van der Waals surface area contributed by atoms with Crippen LogP contribution in [0.25, 0.3) is 10.9 Å². The second-order valence-corrected chi connectivity index (χ2v) is 6.57. The van der Waals surface area contributed by atoms with Crippen molar-refractivity contribution >= 4 is 34.1 Å². The van der Waals surface area contributed by atoms with E-state index in [9.17, 15) is 10.1 Å². The molecule has 0 fully saturated rings. The molecule has 27 heavy (non-hydrogen) atoms. The van der Waals surface area contributed by atoms with Gasteiger partial charge in [-0.2, -0.15) is 5.26 Å². The SMILES string of the molecule is COc1ccccc1NC(=O)[C@@H](C#N)Cc1cc2ccc(C)cc2nc1Cl. The summed E-state index contributed by atoms with van der Waals surface area (Å²) in [7, 11) is 1.52. The Balaban J connectivity index is 1.83. The Morgan fingerprint density at radius 1 is 1.30 bits per heavy atom. The van der Waals surface area contributed by atoms with Crippen LogP contribution in [0.2, 0.25) is 5.15 Å². The molecule has 5 nitrogen and oxygen atoms in total. The lowest BCUT2D eigenvalue weighted by Crippen LogP contribution is -2.24. The molecule has 0 unspecified atom stereocenters. The summed E-state index contributed by atoms with van der Waals surface area (Å²) in [5, 5.41) is 13.5. The third-order valence-electron chi connectivity index (χ3n) is 4.26. The fourth-order valence-electron chi connectivity index (χ4n) is 2.83. The first-order valence-corrected chi connectivity index (χ1v) is 8.79. The fourth-order valence-corrected chi connectivity index (χ4v) is 3.05. The molecule has 0 radical (unpaired) electrons. The first-order valence-electron chi connectivity index (χ1n) is 8.41. The Morgan fingerprint density at radius 3 is 2.81 bits per heavy atom. The highest BCUT2D eigenvalue weighted by Crippen LogP contribution is 2.26. The lowest BCUT2D eigenvalue weighted by molar-refractivity contribution is -0.118. The highest BCUT2D eigenvalue weighted by atomic mass is 35.5. The molecule has 6 heteroatoms. The number of hydrogen-bond donors (Lipinski definition) is 1. The van der Waals surface area contributed by atoms with Gasteiger partial charge >= 0.3 is 0 Å². The summed E-state index contributed by atoms with van der Waals surface area (Å²) < 4.78 is 5.23. The second-order valence-electron chi connectivity index (χ2n) is 6.21. The zero-order valence-corrected chi connectivity index (χ0v) is 15.7. The van der Waals surface area contributed by atoms with Crippen molar-refractivity contribution in [2.24, 2.45) is 5.92 Å². The molecule has 0 saturated heterocycles. The number of fused-ring (bicyclic) bond motifs is 1. The minimum atomic E-state index is -0.905. The number of hydrogen-bond acceptors (Lipinski definition) is 4. The van der Waals surface area contributed by atoms with Crippen LogP contribution in [0, 0.1) is 24.2 Å². The molecule has 3 aromatic rings. The maximum atomic E-state index is 12.6. The van der Waals surface area contributed by atoms with Gasteiger partial charge in [-0.1, -0.05) is 35.9 Å². The Hall–Kier alpha value is -3.10. The monoisotopic (exact) mass is 379 g/mol. The van der Waals surface area contributed by atoms with Gasteiger partial charge in [0.15, 0.2) is 0 Å². The van der Waals surface area contributed by atoms with Gasteiger partial charge in [0.25, 0.3) is 0 Å². The number of aryl methyl sites for hydroxylation is 1. The largest absolute Gasteiger partial charge is 0.495 e. The Bertz CT molecular complexity index is 1040. The van der Waals surface area contributed by atoms with E-state index in [0.29, 0.717) is 22.2 Å². The Morgan fingerprint density at radius 2 is 2.07 bits per heavy atom. The second kappa shape index (κ2) is 8.07. The summed E-state index contributed by atoms with van der Waals surface area (Å²) in [5.74, 6) is -0.789. The number of rotatable bonds is 5. The van der Waals surface area contributed by atoms with E-state index in [-0.39, 0.29) is 6.42 Å². The van der Waals surface area contributed by atoms with E-state index in [0.717, 1.165) is 16.5 Å². The van der Waals surface area contributed by atoms with E-state index in [2.05, 4.69) is 16.4 Å². The third kappa shape index (κ3) is 4.18. The Labute approximate surface area is 162 Å². The minimum Gasteiger partial charge on any atom is -0.495 e. The van der Waals surface area contributed by atoms with Crippen LogP contribution < -0.4 is 10.1 Å². The summed E-state index contributed by atoms with van der Waals surface area (Å²) in [4.78, 5) is 17.0. The molecule has 0 aliphatic heterocycles.